The SMILES string of the molecule is COc1ccc(-n2c(=S)[nH]c3cc(F)c(C)cc32)c(C)c1. The van der Waals surface area contributed by atoms with Gasteiger partial charge in [-0.3, -0.25) is 4.57 Å². The van der Waals surface area contributed by atoms with E-state index in [1.807, 2.05) is 29.7 Å². The first-order valence-corrected chi connectivity index (χ1v) is 6.98. The van der Waals surface area contributed by atoms with Crippen LogP contribution in [0.15, 0.2) is 30.3 Å². The second-order valence-corrected chi connectivity index (χ2v) is 5.42. The number of ether oxygens (including phenoxy) is 1. The summed E-state index contributed by atoms with van der Waals surface area (Å²) >= 11 is 5.40. The maximum atomic E-state index is 13.7. The van der Waals surface area contributed by atoms with Gasteiger partial charge in [0.1, 0.15) is 11.6 Å². The molecule has 0 saturated carbocycles. The number of imidazole rings is 1. The first-order chi connectivity index (χ1) is 10.0. The Labute approximate surface area is 127 Å². The maximum absolute atomic E-state index is 13.7. The van der Waals surface area contributed by atoms with E-state index in [4.69, 9.17) is 17.0 Å². The average molecular weight is 302 g/mol. The molecule has 1 heterocycles. The van der Waals surface area contributed by atoms with Crippen molar-refractivity contribution in [2.75, 3.05) is 7.11 Å². The van der Waals surface area contributed by atoms with Gasteiger partial charge in [-0.15, -0.1) is 0 Å². The lowest BCUT2D eigenvalue weighted by Crippen LogP contribution is -1.98. The quantitative estimate of drug-likeness (QED) is 0.709. The van der Waals surface area contributed by atoms with E-state index >= 15 is 0 Å². The maximum Gasteiger partial charge on any atom is 0.182 e. The number of rotatable bonds is 2. The molecule has 0 spiro atoms. The van der Waals surface area contributed by atoms with E-state index in [1.54, 1.807) is 20.1 Å². The van der Waals surface area contributed by atoms with E-state index in [9.17, 15) is 4.39 Å². The number of methoxy groups -OCH3 is 1. The van der Waals surface area contributed by atoms with Crippen molar-refractivity contribution in [1.82, 2.24) is 9.55 Å². The van der Waals surface area contributed by atoms with Gasteiger partial charge in [-0.25, -0.2) is 4.39 Å². The van der Waals surface area contributed by atoms with Crippen LogP contribution in [0.5, 0.6) is 5.75 Å². The van der Waals surface area contributed by atoms with Crippen LogP contribution in [0, 0.1) is 24.4 Å². The van der Waals surface area contributed by atoms with Crippen LogP contribution in [-0.2, 0) is 0 Å². The Morgan fingerprint density at radius 3 is 2.57 bits per heavy atom. The summed E-state index contributed by atoms with van der Waals surface area (Å²) in [5.41, 5.74) is 4.15. The number of hydrogen-bond donors (Lipinski definition) is 1. The molecular formula is C16H15FN2OS. The van der Waals surface area contributed by atoms with Crippen molar-refractivity contribution in [3.63, 3.8) is 0 Å². The predicted octanol–water partition coefficient (Wildman–Crippen LogP) is 4.45. The number of aromatic nitrogens is 2. The van der Waals surface area contributed by atoms with Crippen molar-refractivity contribution >= 4 is 23.3 Å². The summed E-state index contributed by atoms with van der Waals surface area (Å²) in [5, 5.41) is 0. The molecule has 3 aromatic rings. The van der Waals surface area contributed by atoms with Crippen molar-refractivity contribution in [2.45, 2.75) is 13.8 Å². The summed E-state index contributed by atoms with van der Waals surface area (Å²) in [5.74, 6) is 0.558. The topological polar surface area (TPSA) is 29.9 Å². The van der Waals surface area contributed by atoms with Crippen LogP contribution in [0.1, 0.15) is 11.1 Å². The van der Waals surface area contributed by atoms with Crippen molar-refractivity contribution in [3.8, 4) is 11.4 Å². The lowest BCUT2D eigenvalue weighted by molar-refractivity contribution is 0.414. The lowest BCUT2D eigenvalue weighted by Gasteiger charge is -2.10. The first kappa shape index (κ1) is 13.8. The second kappa shape index (κ2) is 5.00. The molecule has 2 aromatic carbocycles. The van der Waals surface area contributed by atoms with Crippen molar-refractivity contribution < 1.29 is 9.13 Å². The van der Waals surface area contributed by atoms with Crippen molar-refractivity contribution in [2.24, 2.45) is 0 Å². The van der Waals surface area contributed by atoms with Gasteiger partial charge in [0.25, 0.3) is 0 Å². The molecule has 0 radical (unpaired) electrons. The number of halogens is 1. The fourth-order valence-electron chi connectivity index (χ4n) is 2.48. The highest BCUT2D eigenvalue weighted by atomic mass is 32.1. The normalized spacial score (nSPS) is 11.0. The Balaban J connectivity index is 2.32. The third-order valence-corrected chi connectivity index (χ3v) is 3.89. The predicted molar refractivity (Wildman–Crippen MR) is 84.4 cm³/mol. The van der Waals surface area contributed by atoms with Crippen LogP contribution in [0.4, 0.5) is 4.39 Å². The lowest BCUT2D eigenvalue weighted by atomic mass is 10.1. The van der Waals surface area contributed by atoms with E-state index in [1.165, 1.54) is 6.07 Å². The highest BCUT2D eigenvalue weighted by molar-refractivity contribution is 7.71. The minimum atomic E-state index is -0.239. The zero-order valence-electron chi connectivity index (χ0n) is 12.0. The van der Waals surface area contributed by atoms with Gasteiger partial charge in [0.15, 0.2) is 4.77 Å². The highest BCUT2D eigenvalue weighted by Crippen LogP contribution is 2.26. The second-order valence-electron chi connectivity index (χ2n) is 5.04. The molecule has 1 aromatic heterocycles. The standard InChI is InChI=1S/C16H15FN2OS/c1-9-7-15-13(8-12(9)17)18-16(21)19(15)14-5-4-11(20-3)6-10(14)2/h4-8H,1-3H3,(H,18,21). The van der Waals surface area contributed by atoms with Crippen molar-refractivity contribution in [1.29, 1.82) is 0 Å². The molecular weight excluding hydrogens is 287 g/mol. The summed E-state index contributed by atoms with van der Waals surface area (Å²) in [6.07, 6.45) is 0. The van der Waals surface area contributed by atoms with E-state index in [0.717, 1.165) is 22.5 Å². The Morgan fingerprint density at radius 2 is 1.90 bits per heavy atom. The van der Waals surface area contributed by atoms with Gasteiger partial charge in [0, 0.05) is 0 Å². The van der Waals surface area contributed by atoms with Crippen LogP contribution in [-0.4, -0.2) is 16.7 Å². The molecule has 0 fully saturated rings. The zero-order valence-corrected chi connectivity index (χ0v) is 12.8. The third kappa shape index (κ3) is 2.23. The number of H-pyrrole nitrogens is 1. The van der Waals surface area contributed by atoms with Gasteiger partial charge >= 0.3 is 0 Å². The summed E-state index contributed by atoms with van der Waals surface area (Å²) in [6.45, 7) is 3.74. The summed E-state index contributed by atoms with van der Waals surface area (Å²) in [7, 11) is 1.64. The molecule has 3 nitrogen and oxygen atoms in total. The number of benzene rings is 2. The van der Waals surface area contributed by atoms with Gasteiger partial charge in [-0.1, -0.05) is 0 Å². The van der Waals surface area contributed by atoms with Gasteiger partial charge in [-0.2, -0.15) is 0 Å². The van der Waals surface area contributed by atoms with Crippen LogP contribution in [0.25, 0.3) is 16.7 Å². The number of aryl methyl sites for hydroxylation is 2. The minimum Gasteiger partial charge on any atom is -0.497 e. The fraction of sp³-hybridized carbons (Fsp3) is 0.188. The van der Waals surface area contributed by atoms with E-state index in [0.29, 0.717) is 15.9 Å². The van der Waals surface area contributed by atoms with Crippen molar-refractivity contribution in [3.05, 3.63) is 52.0 Å². The molecule has 21 heavy (non-hydrogen) atoms. The van der Waals surface area contributed by atoms with Gasteiger partial charge < -0.3 is 9.72 Å². The Bertz CT molecular complexity index is 895. The summed E-state index contributed by atoms with van der Waals surface area (Å²) < 4.78 is 21.4. The Kier molecular flexibility index (Phi) is 3.29. The molecule has 0 aliphatic rings. The van der Waals surface area contributed by atoms with Gasteiger partial charge in [0.2, 0.25) is 0 Å². The molecule has 0 unspecified atom stereocenters. The van der Waals surface area contributed by atoms with Gasteiger partial charge in [0.05, 0.1) is 23.8 Å². The fourth-order valence-corrected chi connectivity index (χ4v) is 2.78. The Morgan fingerprint density at radius 1 is 1.14 bits per heavy atom. The zero-order chi connectivity index (χ0) is 15.1. The first-order valence-electron chi connectivity index (χ1n) is 6.57. The number of hydrogen-bond acceptors (Lipinski definition) is 2. The van der Waals surface area contributed by atoms with Crippen LogP contribution >= 0.6 is 12.2 Å². The third-order valence-electron chi connectivity index (χ3n) is 3.61. The van der Waals surface area contributed by atoms with Gasteiger partial charge in [-0.05, 0) is 67.5 Å². The Hall–Kier alpha value is -2.14. The number of nitrogens with one attached hydrogen (secondary N) is 1. The van der Waals surface area contributed by atoms with E-state index in [2.05, 4.69) is 4.98 Å². The average Bonchev–Trinajstić information content (AvgIpc) is 2.75. The van der Waals surface area contributed by atoms with E-state index in [-0.39, 0.29) is 5.82 Å². The molecule has 0 amide bonds. The largest absolute Gasteiger partial charge is 0.497 e. The summed E-state index contributed by atoms with van der Waals surface area (Å²) in [6, 6.07) is 9.08. The number of aromatic amines is 1. The molecule has 0 saturated heterocycles. The molecule has 3 rings (SSSR count). The molecule has 0 atom stereocenters. The molecule has 0 bridgehead atoms. The smallest absolute Gasteiger partial charge is 0.182 e. The minimum absolute atomic E-state index is 0.239. The van der Waals surface area contributed by atoms with Crippen LogP contribution in [0.2, 0.25) is 0 Å². The monoisotopic (exact) mass is 302 g/mol. The summed E-state index contributed by atoms with van der Waals surface area (Å²) in [4.78, 5) is 3.06. The molecule has 1 N–H and O–H groups in total. The van der Waals surface area contributed by atoms with Crippen LogP contribution < -0.4 is 4.74 Å². The van der Waals surface area contributed by atoms with E-state index < -0.39 is 0 Å². The molecule has 5 heteroatoms. The molecule has 108 valence electrons. The number of nitrogens with zero attached hydrogens (tertiary/aromatic N) is 1. The molecule has 0 aliphatic carbocycles. The molecule has 0 aliphatic heterocycles. The highest BCUT2D eigenvalue weighted by Gasteiger charge is 2.11. The number of fused-ring (bicyclic) bond motifs is 1. The van der Waals surface area contributed by atoms with Crippen LogP contribution in [0.3, 0.4) is 0 Å².